The van der Waals surface area contributed by atoms with Crippen molar-refractivity contribution < 1.29 is 18.1 Å². The predicted molar refractivity (Wildman–Crippen MR) is 106 cm³/mol. The molecule has 0 spiro atoms. The number of carbonyl (C=O) groups excluding carboxylic acids is 1. The lowest BCUT2D eigenvalue weighted by molar-refractivity contribution is -0.385. The lowest BCUT2D eigenvalue weighted by Crippen LogP contribution is -2.27. The number of nitro groups is 1. The highest BCUT2D eigenvalue weighted by Crippen LogP contribution is 2.22. The maximum atomic E-state index is 12.5. The summed E-state index contributed by atoms with van der Waals surface area (Å²) in [5, 5.41) is 11.0. The SMILES string of the molecule is Cc1ccc(/C=C/C(=O)c2ccc(S(=O)(=O)N3CCCC3)cc2)cc1[N+](=O)[O-]. The molecule has 2 aromatic rings. The Labute approximate surface area is 163 Å². The van der Waals surface area contributed by atoms with Crippen molar-refractivity contribution in [2.75, 3.05) is 13.1 Å². The van der Waals surface area contributed by atoms with Crippen LogP contribution < -0.4 is 0 Å². The molecule has 28 heavy (non-hydrogen) atoms. The number of ketones is 1. The summed E-state index contributed by atoms with van der Waals surface area (Å²) in [7, 11) is -3.51. The van der Waals surface area contributed by atoms with E-state index in [1.807, 2.05) is 0 Å². The van der Waals surface area contributed by atoms with Gasteiger partial charge < -0.3 is 0 Å². The van der Waals surface area contributed by atoms with Crippen LogP contribution in [-0.2, 0) is 10.0 Å². The fourth-order valence-electron chi connectivity index (χ4n) is 3.06. The third kappa shape index (κ3) is 4.18. The lowest BCUT2D eigenvalue weighted by atomic mass is 10.1. The molecule has 3 rings (SSSR count). The van der Waals surface area contributed by atoms with E-state index in [1.165, 1.54) is 46.8 Å². The monoisotopic (exact) mass is 400 g/mol. The van der Waals surface area contributed by atoms with Gasteiger partial charge >= 0.3 is 0 Å². The fourth-order valence-corrected chi connectivity index (χ4v) is 4.58. The molecule has 1 saturated heterocycles. The number of benzene rings is 2. The van der Waals surface area contributed by atoms with Crippen LogP contribution in [0.3, 0.4) is 0 Å². The summed E-state index contributed by atoms with van der Waals surface area (Å²) in [6, 6.07) is 10.6. The molecule has 1 heterocycles. The minimum Gasteiger partial charge on any atom is -0.289 e. The Bertz CT molecular complexity index is 1040. The first-order chi connectivity index (χ1) is 13.3. The second-order valence-electron chi connectivity index (χ2n) is 6.64. The van der Waals surface area contributed by atoms with Gasteiger partial charge in [-0.3, -0.25) is 14.9 Å². The fraction of sp³-hybridized carbons (Fsp3) is 0.250. The first-order valence-electron chi connectivity index (χ1n) is 8.87. The van der Waals surface area contributed by atoms with E-state index in [1.54, 1.807) is 19.1 Å². The summed E-state index contributed by atoms with van der Waals surface area (Å²) in [6.45, 7) is 2.69. The second-order valence-corrected chi connectivity index (χ2v) is 8.57. The summed E-state index contributed by atoms with van der Waals surface area (Å²) in [5.74, 6) is -0.312. The highest BCUT2D eigenvalue weighted by molar-refractivity contribution is 7.89. The van der Waals surface area contributed by atoms with Gasteiger partial charge in [0, 0.05) is 30.3 Å². The highest BCUT2D eigenvalue weighted by Gasteiger charge is 2.27. The van der Waals surface area contributed by atoms with Gasteiger partial charge in [-0.05, 0) is 55.7 Å². The second kappa shape index (κ2) is 8.04. The van der Waals surface area contributed by atoms with Gasteiger partial charge in [0.05, 0.1) is 9.82 Å². The Balaban J connectivity index is 1.75. The molecular formula is C20H20N2O5S. The first kappa shape index (κ1) is 19.9. The van der Waals surface area contributed by atoms with Crippen molar-refractivity contribution in [1.29, 1.82) is 0 Å². The van der Waals surface area contributed by atoms with E-state index in [2.05, 4.69) is 0 Å². The quantitative estimate of drug-likeness (QED) is 0.319. The first-order valence-corrected chi connectivity index (χ1v) is 10.3. The number of aryl methyl sites for hydroxylation is 1. The van der Waals surface area contributed by atoms with Gasteiger partial charge in [-0.1, -0.05) is 18.2 Å². The topological polar surface area (TPSA) is 97.6 Å². The van der Waals surface area contributed by atoms with E-state index in [9.17, 15) is 23.3 Å². The summed E-state index contributed by atoms with van der Waals surface area (Å²) in [5.41, 5.74) is 1.42. The van der Waals surface area contributed by atoms with Crippen LogP contribution in [0.5, 0.6) is 0 Å². The average Bonchev–Trinajstić information content (AvgIpc) is 3.22. The Morgan fingerprint density at radius 1 is 1.11 bits per heavy atom. The third-order valence-corrected chi connectivity index (χ3v) is 6.61. The van der Waals surface area contributed by atoms with Crippen molar-refractivity contribution >= 4 is 27.6 Å². The molecule has 0 unspecified atom stereocenters. The number of carbonyl (C=O) groups is 1. The minimum absolute atomic E-state index is 0.00827. The van der Waals surface area contributed by atoms with Crippen LogP contribution in [0.4, 0.5) is 5.69 Å². The average molecular weight is 400 g/mol. The van der Waals surface area contributed by atoms with E-state index in [0.717, 1.165) is 12.8 Å². The number of hydrogen-bond donors (Lipinski definition) is 0. The Hall–Kier alpha value is -2.84. The number of rotatable bonds is 6. The maximum Gasteiger partial charge on any atom is 0.272 e. The minimum atomic E-state index is -3.51. The Morgan fingerprint density at radius 3 is 2.36 bits per heavy atom. The molecule has 0 bridgehead atoms. The molecule has 0 atom stereocenters. The van der Waals surface area contributed by atoms with Crippen molar-refractivity contribution in [2.24, 2.45) is 0 Å². The van der Waals surface area contributed by atoms with Crippen LogP contribution in [0.2, 0.25) is 0 Å². The molecular weight excluding hydrogens is 380 g/mol. The number of nitro benzene ring substituents is 1. The van der Waals surface area contributed by atoms with Crippen LogP contribution in [0.1, 0.15) is 34.3 Å². The summed E-state index contributed by atoms with van der Waals surface area (Å²) < 4.78 is 26.5. The molecule has 0 aliphatic carbocycles. The lowest BCUT2D eigenvalue weighted by Gasteiger charge is -2.15. The number of allylic oxidation sites excluding steroid dienone is 1. The predicted octanol–water partition coefficient (Wildman–Crippen LogP) is 3.58. The molecule has 1 fully saturated rings. The van der Waals surface area contributed by atoms with Crippen LogP contribution in [0, 0.1) is 17.0 Å². The summed E-state index contributed by atoms with van der Waals surface area (Å²) in [6.07, 6.45) is 4.54. The normalized spacial score (nSPS) is 15.2. The van der Waals surface area contributed by atoms with Crippen LogP contribution in [0.15, 0.2) is 53.4 Å². The molecule has 0 aromatic heterocycles. The summed E-state index contributed by atoms with van der Waals surface area (Å²) >= 11 is 0. The van der Waals surface area contributed by atoms with Crippen LogP contribution >= 0.6 is 0 Å². The maximum absolute atomic E-state index is 12.5. The van der Waals surface area contributed by atoms with E-state index >= 15 is 0 Å². The van der Waals surface area contributed by atoms with E-state index in [-0.39, 0.29) is 16.4 Å². The number of nitrogens with zero attached hydrogens (tertiary/aromatic N) is 2. The summed E-state index contributed by atoms with van der Waals surface area (Å²) in [4.78, 5) is 23.1. The number of sulfonamides is 1. The molecule has 0 radical (unpaired) electrons. The third-order valence-electron chi connectivity index (χ3n) is 4.70. The van der Waals surface area contributed by atoms with Gasteiger partial charge in [0.2, 0.25) is 10.0 Å². The van der Waals surface area contributed by atoms with Gasteiger partial charge in [0.15, 0.2) is 5.78 Å². The zero-order valence-electron chi connectivity index (χ0n) is 15.4. The van der Waals surface area contributed by atoms with Crippen molar-refractivity contribution in [3.8, 4) is 0 Å². The van der Waals surface area contributed by atoms with Crippen molar-refractivity contribution in [3.63, 3.8) is 0 Å². The van der Waals surface area contributed by atoms with Gasteiger partial charge in [-0.25, -0.2) is 8.42 Å². The Morgan fingerprint density at radius 2 is 1.75 bits per heavy atom. The van der Waals surface area contributed by atoms with E-state index in [0.29, 0.717) is 29.8 Å². The van der Waals surface area contributed by atoms with Gasteiger partial charge in [0.1, 0.15) is 0 Å². The highest BCUT2D eigenvalue weighted by atomic mass is 32.2. The molecule has 0 N–H and O–H groups in total. The molecule has 7 nitrogen and oxygen atoms in total. The standard InChI is InChI=1S/C20H20N2O5S/c1-15-4-5-16(14-19(15)22(24)25)6-11-20(23)17-7-9-18(10-8-17)28(26,27)21-12-2-3-13-21/h4-11,14H,2-3,12-13H2,1H3/b11-6+. The molecule has 1 aliphatic heterocycles. The molecule has 146 valence electrons. The van der Waals surface area contributed by atoms with Gasteiger partial charge in [-0.15, -0.1) is 0 Å². The molecule has 1 aliphatic rings. The van der Waals surface area contributed by atoms with E-state index in [4.69, 9.17) is 0 Å². The smallest absolute Gasteiger partial charge is 0.272 e. The zero-order chi connectivity index (χ0) is 20.3. The molecule has 8 heteroatoms. The van der Waals surface area contributed by atoms with Gasteiger partial charge in [0.25, 0.3) is 5.69 Å². The largest absolute Gasteiger partial charge is 0.289 e. The van der Waals surface area contributed by atoms with Crippen molar-refractivity contribution in [3.05, 3.63) is 75.3 Å². The molecule has 0 amide bonds. The van der Waals surface area contributed by atoms with Crippen LogP contribution in [0.25, 0.3) is 6.08 Å². The van der Waals surface area contributed by atoms with Crippen molar-refractivity contribution in [1.82, 2.24) is 4.31 Å². The zero-order valence-corrected chi connectivity index (χ0v) is 16.2. The molecule has 0 saturated carbocycles. The van der Waals surface area contributed by atoms with Crippen LogP contribution in [-0.4, -0.2) is 36.5 Å². The van der Waals surface area contributed by atoms with E-state index < -0.39 is 14.9 Å². The number of hydrogen-bond acceptors (Lipinski definition) is 5. The Kier molecular flexibility index (Phi) is 5.71. The molecule has 2 aromatic carbocycles. The van der Waals surface area contributed by atoms with Gasteiger partial charge in [-0.2, -0.15) is 4.31 Å². The van der Waals surface area contributed by atoms with Crippen molar-refractivity contribution in [2.45, 2.75) is 24.7 Å².